The molecule has 0 saturated heterocycles. The third kappa shape index (κ3) is 4.31. The number of nitrogens with one attached hydrogen (secondary N) is 1. The molecule has 2 aromatic carbocycles. The van der Waals surface area contributed by atoms with Crippen LogP contribution in [-0.4, -0.2) is 22.6 Å². The van der Waals surface area contributed by atoms with E-state index in [1.807, 2.05) is 0 Å². The monoisotopic (exact) mass is 371 g/mol. The maximum Gasteiger partial charge on any atom is 0.225 e. The van der Waals surface area contributed by atoms with Crippen LogP contribution < -0.4 is 10.1 Å². The van der Waals surface area contributed by atoms with Gasteiger partial charge in [0.1, 0.15) is 17.7 Å². The second-order valence-electron chi connectivity index (χ2n) is 6.10. The van der Waals surface area contributed by atoms with Gasteiger partial charge in [0.25, 0.3) is 0 Å². The van der Waals surface area contributed by atoms with Crippen LogP contribution in [0.5, 0.6) is 5.75 Å². The van der Waals surface area contributed by atoms with Crippen molar-refractivity contribution in [3.8, 4) is 5.75 Å². The van der Waals surface area contributed by atoms with Gasteiger partial charge in [0.05, 0.1) is 13.5 Å². The molecule has 0 radical (unpaired) electrons. The number of carbonyl (C=O) groups excluding carboxylic acids is 1. The molecule has 140 valence electrons. The number of hydrogen-bond donors (Lipinski definition) is 1. The van der Waals surface area contributed by atoms with E-state index in [2.05, 4.69) is 10.3 Å². The number of ether oxygens (including phenoxy) is 1. The number of aryl methyl sites for hydroxylation is 1. The number of nitrogens with zero attached hydrogens (tertiary/aromatic N) is 2. The minimum Gasteiger partial charge on any atom is -0.494 e. The summed E-state index contributed by atoms with van der Waals surface area (Å²) in [6.07, 6.45) is 3.32. The van der Waals surface area contributed by atoms with Crippen molar-refractivity contribution in [2.24, 2.45) is 7.05 Å². The maximum atomic E-state index is 13.8. The Morgan fingerprint density at radius 2 is 2.07 bits per heavy atom. The molecule has 5 nitrogen and oxygen atoms in total. The van der Waals surface area contributed by atoms with Crippen molar-refractivity contribution in [1.29, 1.82) is 0 Å². The second kappa shape index (κ2) is 7.99. The molecule has 0 fully saturated rings. The number of rotatable bonds is 6. The van der Waals surface area contributed by atoms with Gasteiger partial charge in [-0.1, -0.05) is 18.2 Å². The minimum atomic E-state index is -0.628. The van der Waals surface area contributed by atoms with Gasteiger partial charge in [-0.2, -0.15) is 0 Å². The second-order valence-corrected chi connectivity index (χ2v) is 6.10. The molecule has 3 rings (SSSR count). The molecule has 1 amide bonds. The van der Waals surface area contributed by atoms with Gasteiger partial charge < -0.3 is 14.6 Å². The standard InChI is InChI=1S/C20H19F2N3O2/c1-25-9-8-23-20(25)19(14-4-3-5-15(21)12-14)24-18(26)11-13-6-7-17(27-2)16(22)10-13/h3-10,12,19H,11H2,1-2H3,(H,24,26). The Balaban J connectivity index is 1.83. The molecule has 1 atom stereocenters. The van der Waals surface area contributed by atoms with E-state index in [4.69, 9.17) is 4.74 Å². The molecule has 0 spiro atoms. The molecule has 1 unspecified atom stereocenters. The average Bonchev–Trinajstić information content (AvgIpc) is 3.05. The third-order valence-electron chi connectivity index (χ3n) is 4.18. The topological polar surface area (TPSA) is 56.1 Å². The number of halogens is 2. The molecule has 1 N–H and O–H groups in total. The average molecular weight is 371 g/mol. The predicted molar refractivity (Wildman–Crippen MR) is 96.2 cm³/mol. The number of aromatic nitrogens is 2. The number of benzene rings is 2. The van der Waals surface area contributed by atoms with E-state index >= 15 is 0 Å². The normalized spacial score (nSPS) is 11.9. The van der Waals surface area contributed by atoms with Gasteiger partial charge in [-0.05, 0) is 35.4 Å². The lowest BCUT2D eigenvalue weighted by molar-refractivity contribution is -0.121. The Hall–Kier alpha value is -3.22. The molecule has 27 heavy (non-hydrogen) atoms. The van der Waals surface area contributed by atoms with Gasteiger partial charge in [-0.15, -0.1) is 0 Å². The lowest BCUT2D eigenvalue weighted by Gasteiger charge is -2.19. The Kier molecular flexibility index (Phi) is 5.49. The quantitative estimate of drug-likeness (QED) is 0.724. The molecule has 1 aromatic heterocycles. The van der Waals surface area contributed by atoms with E-state index < -0.39 is 17.7 Å². The molecule has 0 saturated carbocycles. The van der Waals surface area contributed by atoms with E-state index in [1.54, 1.807) is 42.2 Å². The number of imidazole rings is 1. The first-order valence-corrected chi connectivity index (χ1v) is 8.32. The Bertz CT molecular complexity index is 956. The number of amides is 1. The molecule has 0 aliphatic rings. The van der Waals surface area contributed by atoms with Crippen LogP contribution in [0.1, 0.15) is 23.0 Å². The van der Waals surface area contributed by atoms with Crippen molar-refractivity contribution in [2.45, 2.75) is 12.5 Å². The van der Waals surface area contributed by atoms with Crippen LogP contribution >= 0.6 is 0 Å². The van der Waals surface area contributed by atoms with E-state index in [9.17, 15) is 13.6 Å². The predicted octanol–water partition coefficient (Wildman–Crippen LogP) is 3.16. The first-order chi connectivity index (χ1) is 13.0. The molecule has 0 aliphatic carbocycles. The smallest absolute Gasteiger partial charge is 0.225 e. The summed E-state index contributed by atoms with van der Waals surface area (Å²) in [7, 11) is 3.17. The first kappa shape index (κ1) is 18.6. The lowest BCUT2D eigenvalue weighted by atomic mass is 10.0. The van der Waals surface area contributed by atoms with Crippen molar-refractivity contribution in [2.75, 3.05) is 7.11 Å². The van der Waals surface area contributed by atoms with Gasteiger partial charge in [-0.3, -0.25) is 4.79 Å². The molecular weight excluding hydrogens is 352 g/mol. The van der Waals surface area contributed by atoms with Gasteiger partial charge in [0.2, 0.25) is 5.91 Å². The van der Waals surface area contributed by atoms with Gasteiger partial charge in [0.15, 0.2) is 11.6 Å². The molecule has 3 aromatic rings. The van der Waals surface area contributed by atoms with Crippen molar-refractivity contribution in [3.63, 3.8) is 0 Å². The molecular formula is C20H19F2N3O2. The molecule has 1 heterocycles. The largest absolute Gasteiger partial charge is 0.494 e. The highest BCUT2D eigenvalue weighted by molar-refractivity contribution is 5.79. The highest BCUT2D eigenvalue weighted by Gasteiger charge is 2.21. The Labute approximate surface area is 155 Å². The summed E-state index contributed by atoms with van der Waals surface area (Å²) in [5.41, 5.74) is 1.07. The van der Waals surface area contributed by atoms with E-state index in [0.717, 1.165) is 0 Å². The summed E-state index contributed by atoms with van der Waals surface area (Å²) < 4.78 is 34.1. The van der Waals surface area contributed by atoms with E-state index in [-0.39, 0.29) is 18.1 Å². The maximum absolute atomic E-state index is 13.8. The van der Waals surface area contributed by atoms with Gasteiger partial charge in [-0.25, -0.2) is 13.8 Å². The van der Waals surface area contributed by atoms with Crippen molar-refractivity contribution in [1.82, 2.24) is 14.9 Å². The van der Waals surface area contributed by atoms with Crippen molar-refractivity contribution in [3.05, 3.63) is 83.4 Å². The fraction of sp³-hybridized carbons (Fsp3) is 0.200. The Morgan fingerprint density at radius 3 is 2.70 bits per heavy atom. The van der Waals surface area contributed by atoms with Gasteiger partial charge >= 0.3 is 0 Å². The van der Waals surface area contributed by atoms with Crippen LogP contribution in [0.2, 0.25) is 0 Å². The van der Waals surface area contributed by atoms with Crippen LogP contribution in [0.4, 0.5) is 8.78 Å². The summed E-state index contributed by atoms with van der Waals surface area (Å²) in [5.74, 6) is -0.594. The van der Waals surface area contributed by atoms with Crippen molar-refractivity contribution >= 4 is 5.91 Å². The zero-order valence-corrected chi connectivity index (χ0v) is 14.9. The number of carbonyl (C=O) groups is 1. The van der Waals surface area contributed by atoms with Crippen LogP contribution in [0.3, 0.4) is 0 Å². The summed E-state index contributed by atoms with van der Waals surface area (Å²) in [4.78, 5) is 16.8. The van der Waals surface area contributed by atoms with Crippen LogP contribution in [0, 0.1) is 11.6 Å². The zero-order chi connectivity index (χ0) is 19.4. The molecule has 0 aliphatic heterocycles. The summed E-state index contributed by atoms with van der Waals surface area (Å²) in [6, 6.07) is 9.71. The molecule has 0 bridgehead atoms. The third-order valence-corrected chi connectivity index (χ3v) is 4.18. The minimum absolute atomic E-state index is 0.0306. The summed E-state index contributed by atoms with van der Waals surface area (Å²) in [6.45, 7) is 0. The zero-order valence-electron chi connectivity index (χ0n) is 14.9. The number of hydrogen-bond acceptors (Lipinski definition) is 3. The Morgan fingerprint density at radius 1 is 1.26 bits per heavy atom. The van der Waals surface area contributed by atoms with Crippen molar-refractivity contribution < 1.29 is 18.3 Å². The molecule has 7 heteroatoms. The highest BCUT2D eigenvalue weighted by Crippen LogP contribution is 2.22. The first-order valence-electron chi connectivity index (χ1n) is 8.32. The van der Waals surface area contributed by atoms with Gasteiger partial charge in [0, 0.05) is 19.4 Å². The van der Waals surface area contributed by atoms with Crippen LogP contribution in [0.25, 0.3) is 0 Å². The SMILES string of the molecule is COc1ccc(CC(=O)NC(c2cccc(F)c2)c2nccn2C)cc1F. The fourth-order valence-corrected chi connectivity index (χ4v) is 2.86. The summed E-state index contributed by atoms with van der Waals surface area (Å²) in [5, 5.41) is 2.86. The fourth-order valence-electron chi connectivity index (χ4n) is 2.86. The summed E-state index contributed by atoms with van der Waals surface area (Å²) >= 11 is 0. The van der Waals surface area contributed by atoms with E-state index in [1.165, 1.54) is 31.4 Å². The van der Waals surface area contributed by atoms with Crippen LogP contribution in [0.15, 0.2) is 54.9 Å². The van der Waals surface area contributed by atoms with E-state index in [0.29, 0.717) is 17.0 Å². The lowest BCUT2D eigenvalue weighted by Crippen LogP contribution is -2.32. The highest BCUT2D eigenvalue weighted by atomic mass is 19.1. The van der Waals surface area contributed by atoms with Crippen LogP contribution in [-0.2, 0) is 18.3 Å². The number of methoxy groups -OCH3 is 1.